The summed E-state index contributed by atoms with van der Waals surface area (Å²) in [6.45, 7) is 13.3. The van der Waals surface area contributed by atoms with Crippen LogP contribution in [-0.4, -0.2) is 39.5 Å². The second kappa shape index (κ2) is 8.05. The molecule has 7 heteroatoms. The molecule has 2 aromatic rings. The fourth-order valence-corrected chi connectivity index (χ4v) is 4.76. The van der Waals surface area contributed by atoms with Crippen LogP contribution in [0.2, 0.25) is 0 Å². The molecular formula is C20H31BrN4O2. The molecule has 5 unspecified atom stereocenters. The van der Waals surface area contributed by atoms with Crippen molar-refractivity contribution in [2.75, 3.05) is 11.9 Å². The van der Waals surface area contributed by atoms with E-state index in [1.165, 1.54) is 6.42 Å². The van der Waals surface area contributed by atoms with E-state index in [4.69, 9.17) is 9.47 Å². The third-order valence-corrected chi connectivity index (χ3v) is 5.88. The van der Waals surface area contributed by atoms with Crippen LogP contribution in [0.25, 0.3) is 11.2 Å². The Balaban J connectivity index is 0.000000143. The van der Waals surface area contributed by atoms with Gasteiger partial charge < -0.3 is 19.8 Å². The Kier molecular flexibility index (Phi) is 6.13. The maximum absolute atomic E-state index is 5.87. The summed E-state index contributed by atoms with van der Waals surface area (Å²) in [4.78, 5) is 11.3. The van der Waals surface area contributed by atoms with Gasteiger partial charge in [-0.3, -0.25) is 0 Å². The van der Waals surface area contributed by atoms with Crippen molar-refractivity contribution < 1.29 is 9.47 Å². The van der Waals surface area contributed by atoms with Crippen molar-refractivity contribution in [1.29, 1.82) is 0 Å². The van der Waals surface area contributed by atoms with E-state index >= 15 is 0 Å². The first-order chi connectivity index (χ1) is 12.9. The number of pyridine rings is 1. The Morgan fingerprint density at radius 1 is 1.33 bits per heavy atom. The van der Waals surface area contributed by atoms with Crippen molar-refractivity contribution in [1.82, 2.24) is 15.0 Å². The van der Waals surface area contributed by atoms with Crippen LogP contribution >= 0.6 is 15.9 Å². The van der Waals surface area contributed by atoms with Gasteiger partial charge in [0, 0.05) is 6.54 Å². The molecular weight excluding hydrogens is 408 g/mol. The zero-order valence-electron chi connectivity index (χ0n) is 17.0. The largest absolute Gasteiger partial charge is 0.383 e. The number of nitrogens with one attached hydrogen (secondary N) is 2. The maximum atomic E-state index is 5.87. The molecule has 2 aromatic heterocycles. The molecule has 2 N–H and O–H groups in total. The maximum Gasteiger partial charge on any atom is 0.180 e. The molecule has 3 heterocycles. The average molecular weight is 439 g/mol. The zero-order valence-corrected chi connectivity index (χ0v) is 18.6. The number of ether oxygens (including phenoxy) is 2. The second-order valence-corrected chi connectivity index (χ2v) is 8.41. The summed E-state index contributed by atoms with van der Waals surface area (Å²) in [5.41, 5.74) is 2.70. The van der Waals surface area contributed by atoms with Gasteiger partial charge in [-0.1, -0.05) is 20.8 Å². The summed E-state index contributed by atoms with van der Waals surface area (Å²) in [6.07, 6.45) is 3.71. The van der Waals surface area contributed by atoms with E-state index in [0.29, 0.717) is 12.2 Å². The minimum atomic E-state index is -0.317. The lowest BCUT2D eigenvalue weighted by Gasteiger charge is -2.17. The molecule has 0 radical (unpaired) electrons. The summed E-state index contributed by atoms with van der Waals surface area (Å²) < 4.78 is 12.5. The van der Waals surface area contributed by atoms with Gasteiger partial charge in [0.25, 0.3) is 0 Å². The van der Waals surface area contributed by atoms with Crippen molar-refractivity contribution in [2.24, 2.45) is 17.8 Å². The summed E-state index contributed by atoms with van der Waals surface area (Å²) in [6, 6.07) is 1.93. The summed E-state index contributed by atoms with van der Waals surface area (Å²) in [5, 5.41) is 3.24. The van der Waals surface area contributed by atoms with Crippen molar-refractivity contribution in [3.63, 3.8) is 0 Å². The normalized spacial score (nSPS) is 31.9. The number of fused-ring (bicyclic) bond motifs is 4. The van der Waals surface area contributed by atoms with Crippen LogP contribution in [0.5, 0.6) is 0 Å². The third kappa shape index (κ3) is 4.15. The Bertz CT molecular complexity index is 778. The fraction of sp³-hybridized carbons (Fsp3) is 0.700. The number of nitrogens with zero attached hydrogens (tertiary/aromatic N) is 2. The van der Waals surface area contributed by atoms with Gasteiger partial charge >= 0.3 is 0 Å². The highest BCUT2D eigenvalue weighted by Gasteiger charge is 2.64. The predicted molar refractivity (Wildman–Crippen MR) is 112 cm³/mol. The number of H-pyrrole nitrogens is 1. The van der Waals surface area contributed by atoms with Crippen LogP contribution in [0.1, 0.15) is 48.0 Å². The number of halogens is 1. The number of imidazole rings is 1. The first-order valence-corrected chi connectivity index (χ1v) is 10.8. The third-order valence-electron chi connectivity index (χ3n) is 5.47. The van der Waals surface area contributed by atoms with E-state index in [2.05, 4.69) is 50.0 Å². The van der Waals surface area contributed by atoms with Gasteiger partial charge in [-0.15, -0.1) is 0 Å². The topological polar surface area (TPSA) is 72.1 Å². The fourth-order valence-electron chi connectivity index (χ4n) is 4.36. The van der Waals surface area contributed by atoms with E-state index in [9.17, 15) is 0 Å². The van der Waals surface area contributed by atoms with E-state index in [0.717, 1.165) is 45.8 Å². The summed E-state index contributed by atoms with van der Waals surface area (Å²) in [5.74, 6) is 2.31. The van der Waals surface area contributed by atoms with E-state index < -0.39 is 0 Å². The van der Waals surface area contributed by atoms with Crippen LogP contribution in [0.3, 0.4) is 0 Å². The number of anilines is 1. The first kappa shape index (κ1) is 20.6. The van der Waals surface area contributed by atoms with Crippen LogP contribution < -0.4 is 5.32 Å². The predicted octanol–water partition coefficient (Wildman–Crippen LogP) is 4.97. The number of hydrogen-bond donors (Lipinski definition) is 2. The lowest BCUT2D eigenvalue weighted by atomic mass is 10.1. The van der Waals surface area contributed by atoms with E-state index in [1.807, 2.05) is 33.8 Å². The first-order valence-electron chi connectivity index (χ1n) is 9.98. The van der Waals surface area contributed by atoms with Crippen molar-refractivity contribution in [3.8, 4) is 0 Å². The molecule has 6 nitrogen and oxygen atoms in total. The number of aromatic nitrogens is 3. The zero-order chi connectivity index (χ0) is 19.8. The molecule has 0 bridgehead atoms. The summed E-state index contributed by atoms with van der Waals surface area (Å²) >= 11 is 3.33. The highest BCUT2D eigenvalue weighted by atomic mass is 79.9. The van der Waals surface area contributed by atoms with Gasteiger partial charge in [0.2, 0.25) is 0 Å². The minimum absolute atomic E-state index is 0.317. The van der Waals surface area contributed by atoms with Crippen molar-refractivity contribution >= 4 is 32.8 Å². The van der Waals surface area contributed by atoms with Gasteiger partial charge in [0.05, 0.1) is 24.2 Å². The molecule has 1 aliphatic heterocycles. The van der Waals surface area contributed by atoms with Gasteiger partial charge in [-0.05, 0) is 66.9 Å². The Hall–Kier alpha value is -1.18. The lowest BCUT2D eigenvalue weighted by Crippen LogP contribution is -2.22. The number of hydrogen-bond acceptors (Lipinski definition) is 5. The van der Waals surface area contributed by atoms with Crippen LogP contribution in [0, 0.1) is 17.8 Å². The molecule has 0 aromatic carbocycles. The Morgan fingerprint density at radius 3 is 2.78 bits per heavy atom. The Morgan fingerprint density at radius 2 is 2.07 bits per heavy atom. The van der Waals surface area contributed by atoms with Gasteiger partial charge in [0.1, 0.15) is 10.1 Å². The quantitative estimate of drug-likeness (QED) is 0.647. The molecule has 27 heavy (non-hydrogen) atoms. The number of rotatable bonds is 2. The molecule has 2 aliphatic carbocycles. The smallest absolute Gasteiger partial charge is 0.180 e. The molecule has 0 amide bonds. The van der Waals surface area contributed by atoms with Crippen molar-refractivity contribution in [2.45, 2.75) is 66.0 Å². The van der Waals surface area contributed by atoms with Gasteiger partial charge in [-0.2, -0.15) is 0 Å². The average Bonchev–Trinajstić information content (AvgIpc) is 3.00. The number of aromatic amines is 1. The van der Waals surface area contributed by atoms with Crippen LogP contribution in [0.15, 0.2) is 17.0 Å². The minimum Gasteiger partial charge on any atom is -0.383 e. The molecule has 2 saturated carbocycles. The van der Waals surface area contributed by atoms with Crippen LogP contribution in [0.4, 0.5) is 5.69 Å². The highest BCUT2D eigenvalue weighted by molar-refractivity contribution is 9.10. The van der Waals surface area contributed by atoms with Gasteiger partial charge in [0.15, 0.2) is 11.4 Å². The second-order valence-electron chi connectivity index (χ2n) is 7.60. The molecule has 5 atom stereocenters. The van der Waals surface area contributed by atoms with E-state index in [-0.39, 0.29) is 5.79 Å². The standard InChI is InChI=1S/C10H16O2.C8H9BrN4.C2H6/c1-5-6-4-7-9(8(5)6)12-10(2,3)11-7;1-2-10-5-3-6(9)13-8-7(5)11-4-12-8;1-2/h5-9H,4H2,1-3H3;3-4H,2H2,1H3,(H2,10,11,12,13);1-2H3. The SMILES string of the molecule is CC.CC1C2CC3OC(C)(C)OC3C12.CCNc1cc(Br)nc2nc[nH]c12. The Labute approximate surface area is 170 Å². The van der Waals surface area contributed by atoms with E-state index in [1.54, 1.807) is 6.33 Å². The monoisotopic (exact) mass is 438 g/mol. The lowest BCUT2D eigenvalue weighted by molar-refractivity contribution is -0.152. The van der Waals surface area contributed by atoms with Gasteiger partial charge in [-0.25, -0.2) is 9.97 Å². The molecule has 1 saturated heterocycles. The molecule has 3 fully saturated rings. The van der Waals surface area contributed by atoms with Crippen molar-refractivity contribution in [3.05, 3.63) is 17.0 Å². The van der Waals surface area contributed by atoms with Crippen LogP contribution in [-0.2, 0) is 9.47 Å². The molecule has 3 aliphatic rings. The summed E-state index contributed by atoms with van der Waals surface area (Å²) in [7, 11) is 0. The molecule has 150 valence electrons. The molecule has 5 rings (SSSR count). The molecule has 0 spiro atoms. The highest BCUT2D eigenvalue weighted by Crippen LogP contribution is 2.61.